The van der Waals surface area contributed by atoms with E-state index in [1.807, 2.05) is 38.5 Å². The van der Waals surface area contributed by atoms with Crippen LogP contribution in [0.25, 0.3) is 33.5 Å². The van der Waals surface area contributed by atoms with Crippen molar-refractivity contribution in [2.75, 3.05) is 37.3 Å². The summed E-state index contributed by atoms with van der Waals surface area (Å²) in [6, 6.07) is 19.0. The lowest BCUT2D eigenvalue weighted by molar-refractivity contribution is 0.0240. The first-order valence-corrected chi connectivity index (χ1v) is 15.4. The number of aryl methyl sites for hydroxylation is 1. The van der Waals surface area contributed by atoms with Crippen LogP contribution in [-0.4, -0.2) is 67.0 Å². The van der Waals surface area contributed by atoms with Crippen molar-refractivity contribution in [2.45, 2.75) is 31.3 Å². The number of piperazine rings is 1. The van der Waals surface area contributed by atoms with E-state index in [0.29, 0.717) is 29.5 Å². The van der Waals surface area contributed by atoms with Crippen LogP contribution in [0, 0.1) is 0 Å². The van der Waals surface area contributed by atoms with Gasteiger partial charge in [0.1, 0.15) is 16.9 Å². The number of aromatic nitrogens is 2. The molecule has 2 heterocycles. The molecule has 4 aromatic rings. The van der Waals surface area contributed by atoms with Gasteiger partial charge in [-0.2, -0.15) is 0 Å². The lowest BCUT2D eigenvalue weighted by Gasteiger charge is -2.36. The summed E-state index contributed by atoms with van der Waals surface area (Å²) in [6.45, 7) is 8.33. The standard InChI is InChI=1S/C30H33ClN4O4S/c1-30(2,3)39-29(36)35-16-14-34(15-17-35)23-10-6-20(7-11-23)22-18-25(31)27-26(19-22)33(4)28(32-27)21-8-12-24(13-9-21)40(5,37)38/h6-13,18-19H,14-17H2,1-5H3. The van der Waals surface area contributed by atoms with Gasteiger partial charge in [0.25, 0.3) is 0 Å². The molecule has 5 rings (SSSR count). The molecule has 210 valence electrons. The number of halogens is 1. The summed E-state index contributed by atoms with van der Waals surface area (Å²) in [5.41, 5.74) is 4.97. The lowest BCUT2D eigenvalue weighted by atomic mass is 10.0. The molecule has 40 heavy (non-hydrogen) atoms. The smallest absolute Gasteiger partial charge is 0.410 e. The Morgan fingerprint density at radius 3 is 2.08 bits per heavy atom. The molecular formula is C30H33ClN4O4S. The topological polar surface area (TPSA) is 84.7 Å². The number of ether oxygens (including phenoxy) is 1. The second-order valence-corrected chi connectivity index (χ2v) is 13.5. The van der Waals surface area contributed by atoms with E-state index in [-0.39, 0.29) is 11.0 Å². The number of anilines is 1. The largest absolute Gasteiger partial charge is 0.444 e. The SMILES string of the molecule is Cn1c(-c2ccc(S(C)(=O)=O)cc2)nc2c(Cl)cc(-c3ccc(N4CCN(C(=O)OC(C)(C)C)CC4)cc3)cc21. The quantitative estimate of drug-likeness (QED) is 0.293. The molecule has 1 aliphatic heterocycles. The molecule has 0 aliphatic carbocycles. The summed E-state index contributed by atoms with van der Waals surface area (Å²) in [5, 5.41) is 0.546. The van der Waals surface area contributed by atoms with Crippen molar-refractivity contribution in [3.8, 4) is 22.5 Å². The summed E-state index contributed by atoms with van der Waals surface area (Å²) < 4.78 is 31.1. The monoisotopic (exact) mass is 580 g/mol. The molecule has 10 heteroatoms. The highest BCUT2D eigenvalue weighted by molar-refractivity contribution is 7.90. The number of imidazole rings is 1. The third kappa shape index (κ3) is 5.81. The molecule has 0 unspecified atom stereocenters. The highest BCUT2D eigenvalue weighted by Crippen LogP contribution is 2.34. The number of fused-ring (bicyclic) bond motifs is 1. The van der Waals surface area contributed by atoms with E-state index < -0.39 is 15.4 Å². The Morgan fingerprint density at radius 1 is 0.900 bits per heavy atom. The molecule has 3 aromatic carbocycles. The molecule has 0 saturated carbocycles. The highest BCUT2D eigenvalue weighted by Gasteiger charge is 2.26. The normalized spacial score (nSPS) is 14.6. The first kappa shape index (κ1) is 28.0. The zero-order chi connectivity index (χ0) is 28.8. The van der Waals surface area contributed by atoms with Crippen LogP contribution < -0.4 is 4.90 Å². The predicted octanol–water partition coefficient (Wildman–Crippen LogP) is 6.02. The van der Waals surface area contributed by atoms with Gasteiger partial charge in [-0.3, -0.25) is 0 Å². The Kier molecular flexibility index (Phi) is 7.31. The maximum Gasteiger partial charge on any atom is 0.410 e. The van der Waals surface area contributed by atoms with E-state index in [4.69, 9.17) is 21.3 Å². The van der Waals surface area contributed by atoms with Gasteiger partial charge >= 0.3 is 6.09 Å². The van der Waals surface area contributed by atoms with Crippen LogP contribution in [0.1, 0.15) is 20.8 Å². The van der Waals surface area contributed by atoms with Gasteiger partial charge in [-0.25, -0.2) is 18.2 Å². The summed E-state index contributed by atoms with van der Waals surface area (Å²) in [7, 11) is -1.35. The number of rotatable bonds is 4. The number of nitrogens with zero attached hydrogens (tertiary/aromatic N) is 4. The van der Waals surface area contributed by atoms with Gasteiger partial charge in [0.2, 0.25) is 0 Å². The Hall–Kier alpha value is -3.56. The molecule has 1 fully saturated rings. The van der Waals surface area contributed by atoms with Crippen molar-refractivity contribution in [1.82, 2.24) is 14.5 Å². The molecule has 8 nitrogen and oxygen atoms in total. The second-order valence-electron chi connectivity index (χ2n) is 11.1. The average molecular weight is 581 g/mol. The van der Waals surface area contributed by atoms with Crippen molar-refractivity contribution >= 4 is 44.3 Å². The van der Waals surface area contributed by atoms with Crippen LogP contribution in [-0.2, 0) is 21.6 Å². The van der Waals surface area contributed by atoms with Crippen molar-refractivity contribution in [2.24, 2.45) is 7.05 Å². The number of sulfone groups is 1. The summed E-state index contributed by atoms with van der Waals surface area (Å²) in [6.07, 6.45) is 0.927. The van der Waals surface area contributed by atoms with Crippen molar-refractivity contribution in [3.05, 3.63) is 65.7 Å². The molecule has 0 spiro atoms. The molecular weight excluding hydrogens is 548 g/mol. The maximum absolute atomic E-state index is 12.4. The molecule has 0 atom stereocenters. The van der Waals surface area contributed by atoms with Crippen LogP contribution in [0.5, 0.6) is 0 Å². The highest BCUT2D eigenvalue weighted by atomic mass is 35.5. The Labute approximate surface area is 240 Å². The molecule has 0 N–H and O–H groups in total. The van der Waals surface area contributed by atoms with Gasteiger partial charge in [0.05, 0.1) is 15.4 Å². The number of carbonyl (C=O) groups is 1. The molecule has 1 saturated heterocycles. The maximum atomic E-state index is 12.4. The third-order valence-electron chi connectivity index (χ3n) is 6.98. The van der Waals surface area contributed by atoms with E-state index in [1.165, 1.54) is 6.26 Å². The number of carbonyl (C=O) groups excluding carboxylic acids is 1. The average Bonchev–Trinajstić information content (AvgIpc) is 3.24. The minimum atomic E-state index is -3.27. The van der Waals surface area contributed by atoms with E-state index in [0.717, 1.165) is 41.0 Å². The number of hydrogen-bond donors (Lipinski definition) is 0. The van der Waals surface area contributed by atoms with Crippen LogP contribution in [0.4, 0.5) is 10.5 Å². The van der Waals surface area contributed by atoms with E-state index in [1.54, 1.807) is 29.2 Å². The summed E-state index contributed by atoms with van der Waals surface area (Å²) >= 11 is 6.70. The molecule has 1 aliphatic rings. The number of hydrogen-bond acceptors (Lipinski definition) is 6. The van der Waals surface area contributed by atoms with Gasteiger partial charge in [0, 0.05) is 50.7 Å². The Morgan fingerprint density at radius 2 is 1.50 bits per heavy atom. The minimum absolute atomic E-state index is 0.265. The predicted molar refractivity (Wildman–Crippen MR) is 160 cm³/mol. The fourth-order valence-electron chi connectivity index (χ4n) is 4.86. The third-order valence-corrected chi connectivity index (χ3v) is 8.39. The van der Waals surface area contributed by atoms with Crippen LogP contribution >= 0.6 is 11.6 Å². The summed E-state index contributed by atoms with van der Waals surface area (Å²) in [4.78, 5) is 21.4. The fraction of sp³-hybridized carbons (Fsp3) is 0.333. The molecule has 0 radical (unpaired) electrons. The van der Waals surface area contributed by atoms with Crippen molar-refractivity contribution in [1.29, 1.82) is 0 Å². The molecule has 1 amide bonds. The van der Waals surface area contributed by atoms with Crippen molar-refractivity contribution in [3.63, 3.8) is 0 Å². The molecule has 1 aromatic heterocycles. The lowest BCUT2D eigenvalue weighted by Crippen LogP contribution is -2.50. The van der Waals surface area contributed by atoms with Gasteiger partial charge in [0.15, 0.2) is 9.84 Å². The van der Waals surface area contributed by atoms with E-state index in [2.05, 4.69) is 35.2 Å². The second kappa shape index (κ2) is 10.4. The fourth-order valence-corrected chi connectivity index (χ4v) is 5.75. The van der Waals surface area contributed by atoms with Gasteiger partial charge in [-0.15, -0.1) is 0 Å². The minimum Gasteiger partial charge on any atom is -0.444 e. The van der Waals surface area contributed by atoms with E-state index in [9.17, 15) is 13.2 Å². The molecule has 0 bridgehead atoms. The van der Waals surface area contributed by atoms with Gasteiger partial charge in [-0.05, 0) is 80.4 Å². The van der Waals surface area contributed by atoms with Crippen molar-refractivity contribution < 1.29 is 17.9 Å². The first-order chi connectivity index (χ1) is 18.8. The number of benzene rings is 3. The number of amides is 1. The Bertz CT molecular complexity index is 1670. The summed E-state index contributed by atoms with van der Waals surface area (Å²) in [5.74, 6) is 0.704. The zero-order valence-corrected chi connectivity index (χ0v) is 24.9. The van der Waals surface area contributed by atoms with Crippen LogP contribution in [0.3, 0.4) is 0 Å². The first-order valence-electron chi connectivity index (χ1n) is 13.1. The Balaban J connectivity index is 1.34. The van der Waals surface area contributed by atoms with Crippen LogP contribution in [0.2, 0.25) is 5.02 Å². The zero-order valence-electron chi connectivity index (χ0n) is 23.3. The van der Waals surface area contributed by atoms with Gasteiger partial charge in [-0.1, -0.05) is 23.7 Å². The van der Waals surface area contributed by atoms with Crippen LogP contribution in [0.15, 0.2) is 65.6 Å². The van der Waals surface area contributed by atoms with E-state index >= 15 is 0 Å². The van der Waals surface area contributed by atoms with Gasteiger partial charge < -0.3 is 19.1 Å².